The highest BCUT2D eigenvalue weighted by molar-refractivity contribution is 7.94. The number of rotatable bonds is 5. The first-order valence-corrected chi connectivity index (χ1v) is 10.5. The van der Waals surface area contributed by atoms with E-state index in [4.69, 9.17) is 4.74 Å². The van der Waals surface area contributed by atoms with Gasteiger partial charge in [0.05, 0.1) is 17.4 Å². The van der Waals surface area contributed by atoms with Crippen molar-refractivity contribution < 1.29 is 22.7 Å². The first kappa shape index (κ1) is 19.8. The topological polar surface area (TPSA) is 80.8 Å². The Balaban J connectivity index is 1.76. The molecule has 0 unspecified atom stereocenters. The molecule has 1 aliphatic heterocycles. The third-order valence-electron chi connectivity index (χ3n) is 4.33. The van der Waals surface area contributed by atoms with Gasteiger partial charge in [0.15, 0.2) is 16.4 Å². The Morgan fingerprint density at radius 2 is 1.71 bits per heavy atom. The predicted octanol–water partition coefficient (Wildman–Crippen LogP) is 2.80. The molecule has 0 spiro atoms. The quantitative estimate of drug-likeness (QED) is 0.722. The number of sulfone groups is 1. The summed E-state index contributed by atoms with van der Waals surface area (Å²) >= 11 is 0. The van der Waals surface area contributed by atoms with Crippen molar-refractivity contribution in [2.24, 2.45) is 0 Å². The van der Waals surface area contributed by atoms with Crippen LogP contribution >= 0.6 is 0 Å². The lowest BCUT2D eigenvalue weighted by Crippen LogP contribution is -2.43. The van der Waals surface area contributed by atoms with E-state index in [1.165, 1.54) is 11.0 Å². The van der Waals surface area contributed by atoms with Crippen molar-refractivity contribution in [1.29, 1.82) is 0 Å². The molecule has 1 atom stereocenters. The highest BCUT2D eigenvalue weighted by atomic mass is 32.2. The number of esters is 1. The van der Waals surface area contributed by atoms with Crippen molar-refractivity contribution in [1.82, 2.24) is 0 Å². The minimum atomic E-state index is -3.35. The van der Waals surface area contributed by atoms with Crippen molar-refractivity contribution in [3.05, 3.63) is 76.7 Å². The molecule has 0 N–H and O–H groups in total. The smallest absolute Gasteiger partial charge is 0.338 e. The van der Waals surface area contributed by atoms with Gasteiger partial charge in [0.2, 0.25) is 0 Å². The van der Waals surface area contributed by atoms with Gasteiger partial charge in [0, 0.05) is 11.1 Å². The molecular weight excluding hydrogens is 378 g/mol. The molecule has 7 heteroatoms. The Bertz CT molecular complexity index is 1010. The third kappa shape index (κ3) is 4.67. The van der Waals surface area contributed by atoms with Crippen LogP contribution in [-0.4, -0.2) is 38.7 Å². The Morgan fingerprint density at radius 3 is 2.29 bits per heavy atom. The van der Waals surface area contributed by atoms with E-state index in [1.807, 2.05) is 19.9 Å². The van der Waals surface area contributed by atoms with Crippen molar-refractivity contribution in [2.45, 2.75) is 19.9 Å². The van der Waals surface area contributed by atoms with E-state index >= 15 is 0 Å². The lowest BCUT2D eigenvalue weighted by Gasteiger charge is -2.27. The molecule has 0 bridgehead atoms. The van der Waals surface area contributed by atoms with Crippen LogP contribution in [0.15, 0.2) is 60.0 Å². The number of amides is 1. The van der Waals surface area contributed by atoms with Gasteiger partial charge in [-0.15, -0.1) is 0 Å². The molecule has 0 saturated heterocycles. The van der Waals surface area contributed by atoms with Crippen LogP contribution in [-0.2, 0) is 19.4 Å². The van der Waals surface area contributed by atoms with Gasteiger partial charge < -0.3 is 9.64 Å². The van der Waals surface area contributed by atoms with E-state index in [1.54, 1.807) is 42.5 Å². The molecule has 0 aliphatic carbocycles. The minimum absolute atomic E-state index is 0.196. The van der Waals surface area contributed by atoms with Crippen LogP contribution in [0.25, 0.3) is 0 Å². The van der Waals surface area contributed by atoms with E-state index in [0.717, 1.165) is 16.5 Å². The fourth-order valence-corrected chi connectivity index (χ4v) is 4.47. The summed E-state index contributed by atoms with van der Waals surface area (Å²) in [5.41, 5.74) is 2.76. The summed E-state index contributed by atoms with van der Waals surface area (Å²) in [6.07, 6.45) is 1.48. The van der Waals surface area contributed by atoms with Gasteiger partial charge in [-0.25, -0.2) is 13.2 Å². The number of nitrogens with zero attached hydrogens (tertiary/aromatic N) is 1. The maximum atomic E-state index is 12.8. The zero-order valence-electron chi connectivity index (χ0n) is 15.7. The summed E-state index contributed by atoms with van der Waals surface area (Å²) in [5, 5.41) is 1.11. The zero-order valence-corrected chi connectivity index (χ0v) is 16.5. The van der Waals surface area contributed by atoms with Crippen molar-refractivity contribution in [2.75, 3.05) is 17.3 Å². The fraction of sp³-hybridized carbons (Fsp3) is 0.238. The Morgan fingerprint density at radius 1 is 1.07 bits per heavy atom. The average Bonchev–Trinajstić information content (AvgIpc) is 2.99. The van der Waals surface area contributed by atoms with Crippen molar-refractivity contribution in [3.63, 3.8) is 0 Å². The molecule has 0 radical (unpaired) electrons. The second-order valence-electron chi connectivity index (χ2n) is 6.78. The number of ether oxygens (including phenoxy) is 1. The Hall–Kier alpha value is -2.93. The average molecular weight is 399 g/mol. The lowest BCUT2D eigenvalue weighted by atomic mass is 10.1. The largest absolute Gasteiger partial charge is 0.452 e. The van der Waals surface area contributed by atoms with E-state index in [-0.39, 0.29) is 5.75 Å². The van der Waals surface area contributed by atoms with Gasteiger partial charge in [-0.05, 0) is 44.2 Å². The van der Waals surface area contributed by atoms with Crippen LogP contribution in [0.2, 0.25) is 0 Å². The highest BCUT2D eigenvalue weighted by Gasteiger charge is 2.31. The van der Waals surface area contributed by atoms with E-state index in [9.17, 15) is 18.0 Å². The minimum Gasteiger partial charge on any atom is -0.452 e. The van der Waals surface area contributed by atoms with Gasteiger partial charge in [-0.2, -0.15) is 0 Å². The number of anilines is 1. The number of benzene rings is 2. The molecule has 28 heavy (non-hydrogen) atoms. The standard InChI is InChI=1S/C21H21NO5S/c1-15-10-16(2)12-17(11-15)21(24)27-13-20(23)22(18-6-4-3-5-7-18)19-8-9-28(25,26)14-19/h3-12,19H,13-14H2,1-2H3/t19-/m1/s1. The third-order valence-corrected chi connectivity index (χ3v) is 5.71. The summed E-state index contributed by atoms with van der Waals surface area (Å²) < 4.78 is 28.8. The molecule has 1 amide bonds. The predicted molar refractivity (Wildman–Crippen MR) is 107 cm³/mol. The SMILES string of the molecule is Cc1cc(C)cc(C(=O)OCC(=O)N(c2ccccc2)[C@@H]2C=CS(=O)(=O)C2)c1. The molecule has 2 aromatic rings. The second kappa shape index (κ2) is 7.98. The van der Waals surface area contributed by atoms with Crippen LogP contribution in [0.1, 0.15) is 21.5 Å². The van der Waals surface area contributed by atoms with E-state index in [2.05, 4.69) is 0 Å². The summed E-state index contributed by atoms with van der Waals surface area (Å²) in [7, 11) is -3.35. The van der Waals surface area contributed by atoms with Crippen LogP contribution in [0.4, 0.5) is 5.69 Å². The van der Waals surface area contributed by atoms with Crippen LogP contribution < -0.4 is 4.90 Å². The van der Waals surface area contributed by atoms with Crippen LogP contribution in [0.5, 0.6) is 0 Å². The maximum Gasteiger partial charge on any atom is 0.338 e. The molecular formula is C21H21NO5S. The summed E-state index contributed by atoms with van der Waals surface area (Å²) in [6.45, 7) is 3.27. The zero-order chi connectivity index (χ0) is 20.3. The molecule has 0 fully saturated rings. The number of carbonyl (C=O) groups excluding carboxylic acids is 2. The van der Waals surface area contributed by atoms with Crippen LogP contribution in [0, 0.1) is 13.8 Å². The molecule has 3 rings (SSSR count). The van der Waals surface area contributed by atoms with E-state index < -0.39 is 34.4 Å². The molecule has 1 heterocycles. The van der Waals surface area contributed by atoms with Crippen LogP contribution in [0.3, 0.4) is 0 Å². The van der Waals surface area contributed by atoms with Crippen molar-refractivity contribution >= 4 is 27.4 Å². The maximum absolute atomic E-state index is 12.8. The van der Waals surface area contributed by atoms with Gasteiger partial charge in [0.25, 0.3) is 5.91 Å². The Kier molecular flexibility index (Phi) is 5.65. The Labute approximate surface area is 164 Å². The summed E-state index contributed by atoms with van der Waals surface area (Å²) in [6, 6.07) is 13.4. The van der Waals surface area contributed by atoms with Crippen molar-refractivity contribution in [3.8, 4) is 0 Å². The van der Waals surface area contributed by atoms with E-state index in [0.29, 0.717) is 11.3 Å². The molecule has 0 saturated carbocycles. The first-order chi connectivity index (χ1) is 13.2. The molecule has 146 valence electrons. The summed E-state index contributed by atoms with van der Waals surface area (Å²) in [5.74, 6) is -1.28. The van der Waals surface area contributed by atoms with Gasteiger partial charge in [0.1, 0.15) is 0 Å². The second-order valence-corrected chi connectivity index (χ2v) is 8.71. The van der Waals surface area contributed by atoms with Gasteiger partial charge in [-0.3, -0.25) is 4.79 Å². The lowest BCUT2D eigenvalue weighted by molar-refractivity contribution is -0.121. The van der Waals surface area contributed by atoms with Gasteiger partial charge >= 0.3 is 5.97 Å². The fourth-order valence-electron chi connectivity index (χ4n) is 3.20. The molecule has 1 aliphatic rings. The molecule has 6 nitrogen and oxygen atoms in total. The number of hydrogen-bond acceptors (Lipinski definition) is 5. The van der Waals surface area contributed by atoms with Gasteiger partial charge in [-0.1, -0.05) is 35.4 Å². The first-order valence-electron chi connectivity index (χ1n) is 8.79. The summed E-state index contributed by atoms with van der Waals surface area (Å²) in [4.78, 5) is 26.5. The number of carbonyl (C=O) groups is 2. The number of hydrogen-bond donors (Lipinski definition) is 0. The normalized spacial score (nSPS) is 17.3. The molecule has 0 aromatic heterocycles. The number of aryl methyl sites for hydroxylation is 2. The number of para-hydroxylation sites is 1. The molecule has 2 aromatic carbocycles. The monoisotopic (exact) mass is 399 g/mol. The highest BCUT2D eigenvalue weighted by Crippen LogP contribution is 2.23.